The number of hydrogen-bond donors (Lipinski definition) is 2. The number of hydrazine groups is 1. The third-order valence-electron chi connectivity index (χ3n) is 1.15. The highest BCUT2D eigenvalue weighted by Gasteiger charge is 2.17. The minimum atomic E-state index is -0.674. The molecular formula is C5H3Cl3N4O. The number of nitrogens with one attached hydrogen (secondary N) is 1. The molecule has 0 unspecified atom stereocenters. The SMILES string of the molecule is NNC(=O)c1c(Cl)nc(Cl)nc1Cl. The Morgan fingerprint density at radius 2 is 1.69 bits per heavy atom. The van der Waals surface area contributed by atoms with Gasteiger partial charge in [0.15, 0.2) is 0 Å². The summed E-state index contributed by atoms with van der Waals surface area (Å²) in [7, 11) is 0. The van der Waals surface area contributed by atoms with E-state index in [4.69, 9.17) is 40.6 Å². The van der Waals surface area contributed by atoms with Gasteiger partial charge in [-0.2, -0.15) is 0 Å². The summed E-state index contributed by atoms with van der Waals surface area (Å²) in [5.74, 6) is 4.20. The lowest BCUT2D eigenvalue weighted by atomic mass is 10.3. The van der Waals surface area contributed by atoms with E-state index in [1.165, 1.54) is 0 Å². The summed E-state index contributed by atoms with van der Waals surface area (Å²) in [5.41, 5.74) is 1.75. The molecule has 1 heterocycles. The number of carbonyl (C=O) groups is 1. The molecule has 8 heteroatoms. The van der Waals surface area contributed by atoms with E-state index in [9.17, 15) is 4.79 Å². The summed E-state index contributed by atoms with van der Waals surface area (Å²) in [6.07, 6.45) is 0. The highest BCUT2D eigenvalue weighted by Crippen LogP contribution is 2.22. The number of amides is 1. The van der Waals surface area contributed by atoms with Crippen molar-refractivity contribution >= 4 is 40.7 Å². The monoisotopic (exact) mass is 240 g/mol. The maximum absolute atomic E-state index is 11.0. The van der Waals surface area contributed by atoms with E-state index in [2.05, 4.69) is 9.97 Å². The number of rotatable bonds is 1. The lowest BCUT2D eigenvalue weighted by molar-refractivity contribution is 0.0953. The molecule has 1 rings (SSSR count). The van der Waals surface area contributed by atoms with Gasteiger partial charge in [0.2, 0.25) is 5.28 Å². The lowest BCUT2D eigenvalue weighted by Gasteiger charge is -2.03. The molecule has 0 radical (unpaired) electrons. The Morgan fingerprint density at radius 1 is 1.23 bits per heavy atom. The highest BCUT2D eigenvalue weighted by molar-refractivity contribution is 6.39. The lowest BCUT2D eigenvalue weighted by Crippen LogP contribution is -2.30. The fraction of sp³-hybridized carbons (Fsp3) is 0. The fourth-order valence-electron chi connectivity index (χ4n) is 0.643. The van der Waals surface area contributed by atoms with Crippen molar-refractivity contribution in [2.75, 3.05) is 0 Å². The van der Waals surface area contributed by atoms with Gasteiger partial charge < -0.3 is 0 Å². The Morgan fingerprint density at radius 3 is 2.08 bits per heavy atom. The average molecular weight is 241 g/mol. The molecule has 3 N–H and O–H groups in total. The summed E-state index contributed by atoms with van der Waals surface area (Å²) in [4.78, 5) is 18.1. The van der Waals surface area contributed by atoms with Gasteiger partial charge in [0.05, 0.1) is 0 Å². The molecule has 13 heavy (non-hydrogen) atoms. The number of nitrogens with zero attached hydrogens (tertiary/aromatic N) is 2. The van der Waals surface area contributed by atoms with Gasteiger partial charge in [0.1, 0.15) is 15.9 Å². The molecule has 0 fully saturated rings. The van der Waals surface area contributed by atoms with Crippen molar-refractivity contribution in [3.05, 3.63) is 21.2 Å². The zero-order chi connectivity index (χ0) is 10.0. The Balaban J connectivity index is 3.28. The van der Waals surface area contributed by atoms with Gasteiger partial charge in [-0.3, -0.25) is 10.2 Å². The molecule has 0 saturated carbocycles. The third-order valence-corrected chi connectivity index (χ3v) is 1.87. The average Bonchev–Trinajstić information content (AvgIpc) is 2.02. The molecule has 5 nitrogen and oxygen atoms in total. The van der Waals surface area contributed by atoms with E-state index < -0.39 is 5.91 Å². The van der Waals surface area contributed by atoms with Crippen LogP contribution in [0.25, 0.3) is 0 Å². The van der Waals surface area contributed by atoms with Crippen LogP contribution in [0.5, 0.6) is 0 Å². The first kappa shape index (κ1) is 10.5. The Hall–Kier alpha value is -0.620. The first-order chi connectivity index (χ1) is 6.06. The molecule has 0 saturated heterocycles. The summed E-state index contributed by atoms with van der Waals surface area (Å²) in [5, 5.41) is -0.426. The molecule has 0 bridgehead atoms. The van der Waals surface area contributed by atoms with Crippen LogP contribution in [-0.2, 0) is 0 Å². The summed E-state index contributed by atoms with van der Waals surface area (Å²) in [6.45, 7) is 0. The highest BCUT2D eigenvalue weighted by atomic mass is 35.5. The van der Waals surface area contributed by atoms with E-state index in [0.29, 0.717) is 0 Å². The maximum atomic E-state index is 11.0. The van der Waals surface area contributed by atoms with E-state index >= 15 is 0 Å². The largest absolute Gasteiger partial charge is 0.290 e. The molecule has 1 aromatic rings. The van der Waals surface area contributed by atoms with Crippen molar-refractivity contribution in [3.8, 4) is 0 Å². The normalized spacial score (nSPS) is 9.85. The topological polar surface area (TPSA) is 80.9 Å². The van der Waals surface area contributed by atoms with Crippen LogP contribution < -0.4 is 11.3 Å². The van der Waals surface area contributed by atoms with Gasteiger partial charge in [-0.1, -0.05) is 23.2 Å². The summed E-state index contributed by atoms with van der Waals surface area (Å²) < 4.78 is 0. The van der Waals surface area contributed by atoms with Crippen LogP contribution in [0.3, 0.4) is 0 Å². The van der Waals surface area contributed by atoms with Gasteiger partial charge in [0.25, 0.3) is 5.91 Å². The minimum absolute atomic E-state index is 0.102. The fourth-order valence-corrected chi connectivity index (χ4v) is 1.46. The van der Waals surface area contributed by atoms with Crippen molar-refractivity contribution in [3.63, 3.8) is 0 Å². The number of hydrogen-bond acceptors (Lipinski definition) is 4. The number of nitrogen functional groups attached to an aromatic ring is 1. The Labute approximate surface area is 88.2 Å². The molecule has 70 valence electrons. The van der Waals surface area contributed by atoms with Crippen LogP contribution in [0.2, 0.25) is 15.6 Å². The van der Waals surface area contributed by atoms with Crippen molar-refractivity contribution < 1.29 is 4.79 Å². The second kappa shape index (κ2) is 4.06. The quantitative estimate of drug-likeness (QED) is 0.253. The Bertz CT molecular complexity index is 333. The van der Waals surface area contributed by atoms with Crippen LogP contribution in [0.4, 0.5) is 0 Å². The first-order valence-corrected chi connectivity index (χ1v) is 4.09. The number of aromatic nitrogens is 2. The second-order valence-electron chi connectivity index (χ2n) is 1.92. The van der Waals surface area contributed by atoms with Gasteiger partial charge in [0, 0.05) is 0 Å². The molecule has 0 aliphatic heterocycles. The van der Waals surface area contributed by atoms with Crippen LogP contribution >= 0.6 is 34.8 Å². The molecule has 0 spiro atoms. The van der Waals surface area contributed by atoms with Gasteiger partial charge in [-0.05, 0) is 11.6 Å². The van der Waals surface area contributed by atoms with Crippen LogP contribution in [-0.4, -0.2) is 15.9 Å². The van der Waals surface area contributed by atoms with Crippen LogP contribution in [0.1, 0.15) is 10.4 Å². The van der Waals surface area contributed by atoms with Crippen LogP contribution in [0, 0.1) is 0 Å². The predicted octanol–water partition coefficient (Wildman–Crippen LogP) is 1.04. The van der Waals surface area contributed by atoms with Crippen molar-refractivity contribution in [2.24, 2.45) is 5.84 Å². The summed E-state index contributed by atoms with van der Waals surface area (Å²) in [6, 6.07) is 0. The van der Waals surface area contributed by atoms with Crippen LogP contribution in [0.15, 0.2) is 0 Å². The molecule has 1 aromatic heterocycles. The number of halogens is 3. The van der Waals surface area contributed by atoms with Crippen molar-refractivity contribution in [2.45, 2.75) is 0 Å². The molecule has 1 amide bonds. The zero-order valence-electron chi connectivity index (χ0n) is 6.01. The number of carbonyl (C=O) groups excluding carboxylic acids is 1. The smallest absolute Gasteiger partial charge is 0.271 e. The maximum Gasteiger partial charge on any atom is 0.271 e. The molecule has 0 atom stereocenters. The minimum Gasteiger partial charge on any atom is -0.290 e. The first-order valence-electron chi connectivity index (χ1n) is 2.95. The van der Waals surface area contributed by atoms with Gasteiger partial charge >= 0.3 is 0 Å². The molecule has 0 aromatic carbocycles. The van der Waals surface area contributed by atoms with E-state index in [1.807, 2.05) is 5.43 Å². The molecular weight excluding hydrogens is 238 g/mol. The van der Waals surface area contributed by atoms with Crippen molar-refractivity contribution in [1.29, 1.82) is 0 Å². The van der Waals surface area contributed by atoms with Gasteiger partial charge in [-0.15, -0.1) is 0 Å². The predicted molar refractivity (Wildman–Crippen MR) is 48.7 cm³/mol. The molecule has 0 aliphatic carbocycles. The zero-order valence-corrected chi connectivity index (χ0v) is 8.28. The van der Waals surface area contributed by atoms with E-state index in [0.717, 1.165) is 0 Å². The van der Waals surface area contributed by atoms with Crippen molar-refractivity contribution in [1.82, 2.24) is 15.4 Å². The van der Waals surface area contributed by atoms with E-state index in [-0.39, 0.29) is 21.2 Å². The number of nitrogens with two attached hydrogens (primary N) is 1. The summed E-state index contributed by atoms with van der Waals surface area (Å²) >= 11 is 16.6. The van der Waals surface area contributed by atoms with E-state index in [1.54, 1.807) is 0 Å². The standard InChI is InChI=1S/C5H3Cl3N4O/c6-2-1(4(13)12-9)3(7)11-5(8)10-2/h9H2,(H,12,13). The molecule has 0 aliphatic rings. The third kappa shape index (κ3) is 2.19. The van der Waals surface area contributed by atoms with Gasteiger partial charge in [-0.25, -0.2) is 15.8 Å². The second-order valence-corrected chi connectivity index (χ2v) is 2.98. The Kier molecular flexibility index (Phi) is 3.27.